The maximum absolute atomic E-state index is 11.2. The van der Waals surface area contributed by atoms with Crippen molar-refractivity contribution in [3.8, 4) is 0 Å². The summed E-state index contributed by atoms with van der Waals surface area (Å²) < 4.78 is 4.81. The van der Waals surface area contributed by atoms with Crippen LogP contribution in [0, 0.1) is 0 Å². The summed E-state index contributed by atoms with van der Waals surface area (Å²) in [7, 11) is 0. The van der Waals surface area contributed by atoms with Crippen LogP contribution in [-0.2, 0) is 4.74 Å². The fourth-order valence-corrected chi connectivity index (χ4v) is 0.997. The van der Waals surface area contributed by atoms with E-state index in [1.54, 1.807) is 37.7 Å². The average Bonchev–Trinajstić information content (AvgIpc) is 2.27. The third-order valence-corrected chi connectivity index (χ3v) is 1.71. The van der Waals surface area contributed by atoms with E-state index in [4.69, 9.17) is 4.74 Å². The summed E-state index contributed by atoms with van der Waals surface area (Å²) in [5, 5.41) is 2.23. The molecule has 0 spiro atoms. The van der Waals surface area contributed by atoms with Crippen LogP contribution in [0.4, 0.5) is 4.79 Å². The van der Waals surface area contributed by atoms with Crippen molar-refractivity contribution >= 4 is 23.5 Å². The van der Waals surface area contributed by atoms with Gasteiger partial charge in [0.15, 0.2) is 0 Å². The van der Waals surface area contributed by atoms with Gasteiger partial charge in [-0.15, -0.1) is 0 Å². The summed E-state index contributed by atoms with van der Waals surface area (Å²) in [5.41, 5.74) is 0.841. The molecule has 0 saturated heterocycles. The molecule has 78 valence electrons. The average molecular weight is 222 g/mol. The lowest BCUT2D eigenvalue weighted by atomic mass is 10.2. The predicted molar refractivity (Wildman–Crippen MR) is 60.3 cm³/mol. The molecule has 5 heteroatoms. The van der Waals surface area contributed by atoms with E-state index in [-0.39, 0.29) is 0 Å². The van der Waals surface area contributed by atoms with Gasteiger partial charge in [0.05, 0.1) is 11.8 Å². The smallest absolute Gasteiger partial charge is 0.417 e. The summed E-state index contributed by atoms with van der Waals surface area (Å²) in [6.07, 6.45) is 7.82. The van der Waals surface area contributed by atoms with Crippen molar-refractivity contribution in [2.45, 2.75) is 6.92 Å². The number of carbonyl (C=O) groups is 1. The van der Waals surface area contributed by atoms with Gasteiger partial charge in [-0.3, -0.25) is 4.90 Å². The van der Waals surface area contributed by atoms with Gasteiger partial charge in [0.1, 0.15) is 0 Å². The van der Waals surface area contributed by atoms with Crippen LogP contribution < -0.4 is 0 Å². The van der Waals surface area contributed by atoms with Crippen LogP contribution in [0.25, 0.3) is 0 Å². The summed E-state index contributed by atoms with van der Waals surface area (Å²) in [4.78, 5) is 16.3. The Morgan fingerprint density at radius 1 is 1.67 bits per heavy atom. The van der Waals surface area contributed by atoms with E-state index < -0.39 is 6.09 Å². The first-order valence-electron chi connectivity index (χ1n) is 4.36. The predicted octanol–water partition coefficient (Wildman–Crippen LogP) is 2.47. The highest BCUT2D eigenvalue weighted by atomic mass is 32.1. The summed E-state index contributed by atoms with van der Waals surface area (Å²) in [6, 6.07) is 0. The zero-order valence-electron chi connectivity index (χ0n) is 8.21. The van der Waals surface area contributed by atoms with E-state index >= 15 is 0 Å². The molecule has 0 bridgehead atoms. The molecule has 0 aliphatic carbocycles. The van der Waals surface area contributed by atoms with E-state index in [1.165, 1.54) is 4.90 Å². The lowest BCUT2D eigenvalue weighted by molar-refractivity contribution is 0.133. The van der Waals surface area contributed by atoms with Gasteiger partial charge in [-0.1, -0.05) is 0 Å². The van der Waals surface area contributed by atoms with Gasteiger partial charge in [-0.2, -0.15) is 0 Å². The molecule has 1 amide bonds. The van der Waals surface area contributed by atoms with E-state index in [2.05, 4.69) is 22.4 Å². The Balaban J connectivity index is 2.63. The van der Waals surface area contributed by atoms with Gasteiger partial charge in [0.2, 0.25) is 0 Å². The number of rotatable bonds is 2. The number of hydrogen-bond acceptors (Lipinski definition) is 4. The first-order chi connectivity index (χ1) is 7.27. The minimum atomic E-state index is -0.401. The topological polar surface area (TPSA) is 41.9 Å². The third-order valence-electron chi connectivity index (χ3n) is 1.60. The highest BCUT2D eigenvalue weighted by Crippen LogP contribution is 2.10. The number of ether oxygens (including phenoxy) is 1. The lowest BCUT2D eigenvalue weighted by Gasteiger charge is -2.15. The summed E-state index contributed by atoms with van der Waals surface area (Å²) in [6.45, 7) is 2.11. The number of aliphatic imine (C=N–C) groups is 1. The van der Waals surface area contributed by atoms with Gasteiger partial charge in [0.25, 0.3) is 0 Å². The molecule has 1 heterocycles. The quantitative estimate of drug-likeness (QED) is 0.532. The molecular formula is C10H10N2O2S. The Labute approximate surface area is 93.2 Å². The van der Waals surface area contributed by atoms with E-state index in [0.717, 1.165) is 5.57 Å². The van der Waals surface area contributed by atoms with Crippen LogP contribution in [0.1, 0.15) is 6.92 Å². The van der Waals surface area contributed by atoms with Crippen molar-refractivity contribution < 1.29 is 9.53 Å². The third kappa shape index (κ3) is 3.50. The highest BCUT2D eigenvalue weighted by molar-refractivity contribution is 7.78. The molecule has 1 aliphatic rings. The molecule has 0 aromatic rings. The van der Waals surface area contributed by atoms with Crippen molar-refractivity contribution in [1.82, 2.24) is 4.90 Å². The van der Waals surface area contributed by atoms with Crippen molar-refractivity contribution in [2.24, 2.45) is 4.99 Å². The second-order valence-corrected chi connectivity index (χ2v) is 2.77. The summed E-state index contributed by atoms with van der Waals surface area (Å²) in [5.74, 6) is 0. The number of nitrogens with zero attached hydrogens (tertiary/aromatic N) is 2. The number of isothiocyanates is 1. The van der Waals surface area contributed by atoms with Crippen LogP contribution in [0.2, 0.25) is 0 Å². The van der Waals surface area contributed by atoms with Gasteiger partial charge in [-0.05, 0) is 36.9 Å². The number of thiocarbonyl (C=S) groups is 1. The van der Waals surface area contributed by atoms with Crippen LogP contribution in [0.15, 0.2) is 41.3 Å². The molecule has 1 rings (SSSR count). The van der Waals surface area contributed by atoms with Crippen LogP contribution in [0.3, 0.4) is 0 Å². The van der Waals surface area contributed by atoms with E-state index in [0.29, 0.717) is 6.61 Å². The minimum Gasteiger partial charge on any atom is -0.449 e. The standard InChI is InChI=1S/C10H10N2O2S/c1-2-14-10(13)12-5-3-9(4-6-12)7-11-8-15/h3-7H,2H2,1H3. The highest BCUT2D eigenvalue weighted by Gasteiger charge is 2.10. The molecular weight excluding hydrogens is 212 g/mol. The molecule has 0 unspecified atom stereocenters. The number of allylic oxidation sites excluding steroid dienone is 3. The zero-order valence-corrected chi connectivity index (χ0v) is 9.03. The molecule has 0 aromatic carbocycles. The van der Waals surface area contributed by atoms with Gasteiger partial charge in [-0.25, -0.2) is 9.79 Å². The maximum atomic E-state index is 11.2. The maximum Gasteiger partial charge on any atom is 0.417 e. The molecule has 0 aromatic heterocycles. The molecule has 0 N–H and O–H groups in total. The minimum absolute atomic E-state index is 0.356. The molecule has 4 nitrogen and oxygen atoms in total. The van der Waals surface area contributed by atoms with Gasteiger partial charge >= 0.3 is 6.09 Å². The van der Waals surface area contributed by atoms with Crippen molar-refractivity contribution in [3.63, 3.8) is 0 Å². The van der Waals surface area contributed by atoms with Crippen LogP contribution in [0.5, 0.6) is 0 Å². The Morgan fingerprint density at radius 2 is 2.33 bits per heavy atom. The summed E-state index contributed by atoms with van der Waals surface area (Å²) >= 11 is 4.43. The molecule has 0 radical (unpaired) electrons. The van der Waals surface area contributed by atoms with Crippen molar-refractivity contribution in [2.75, 3.05) is 6.61 Å². The second-order valence-electron chi connectivity index (χ2n) is 2.59. The normalized spacial score (nSPS) is 13.4. The second kappa shape index (κ2) is 5.90. The fraction of sp³-hybridized carbons (Fsp3) is 0.200. The van der Waals surface area contributed by atoms with Gasteiger partial charge < -0.3 is 4.74 Å². The van der Waals surface area contributed by atoms with Crippen molar-refractivity contribution in [3.05, 3.63) is 36.3 Å². The number of hydrogen-bond donors (Lipinski definition) is 0. The van der Waals surface area contributed by atoms with E-state index in [9.17, 15) is 4.79 Å². The Bertz CT molecular complexity index is 363. The molecule has 0 saturated carbocycles. The fourth-order valence-electron chi connectivity index (χ4n) is 0.945. The zero-order chi connectivity index (χ0) is 11.1. The Kier molecular flexibility index (Phi) is 4.47. The van der Waals surface area contributed by atoms with E-state index in [1.807, 2.05) is 0 Å². The Hall–Kier alpha value is -1.71. The molecule has 1 aliphatic heterocycles. The van der Waals surface area contributed by atoms with Crippen LogP contribution >= 0.6 is 12.2 Å². The van der Waals surface area contributed by atoms with Crippen molar-refractivity contribution in [1.29, 1.82) is 0 Å². The number of carbonyl (C=O) groups excluding carboxylic acids is 1. The first kappa shape index (κ1) is 11.4. The molecule has 15 heavy (non-hydrogen) atoms. The molecule has 0 atom stereocenters. The Morgan fingerprint density at radius 3 is 2.87 bits per heavy atom. The lowest BCUT2D eigenvalue weighted by Crippen LogP contribution is -2.22. The van der Waals surface area contributed by atoms with Crippen LogP contribution in [-0.4, -0.2) is 22.8 Å². The number of amides is 1. The SMILES string of the molecule is CCOC(=O)N1C=CC(=CN=C=S)C=C1. The van der Waals surface area contributed by atoms with Gasteiger partial charge in [0, 0.05) is 18.6 Å². The monoisotopic (exact) mass is 222 g/mol. The first-order valence-corrected chi connectivity index (χ1v) is 4.77. The molecule has 0 fully saturated rings. The largest absolute Gasteiger partial charge is 0.449 e.